The van der Waals surface area contributed by atoms with Crippen LogP contribution in [0.4, 0.5) is 5.69 Å². The van der Waals surface area contributed by atoms with Crippen molar-refractivity contribution in [1.82, 2.24) is 5.43 Å². The van der Waals surface area contributed by atoms with Crippen LogP contribution in [0, 0.1) is 0 Å². The summed E-state index contributed by atoms with van der Waals surface area (Å²) in [7, 11) is -2.63. The third kappa shape index (κ3) is 5.57. The van der Waals surface area contributed by atoms with E-state index in [0.717, 1.165) is 4.31 Å². The Morgan fingerprint density at radius 2 is 1.88 bits per heavy atom. The monoisotopic (exact) mass is 473 g/mol. The van der Waals surface area contributed by atoms with Crippen LogP contribution >= 0.6 is 11.6 Å². The van der Waals surface area contributed by atoms with Gasteiger partial charge in [0.15, 0.2) is 11.5 Å². The van der Waals surface area contributed by atoms with Crippen LogP contribution < -0.4 is 14.5 Å². The van der Waals surface area contributed by atoms with Crippen molar-refractivity contribution >= 4 is 39.4 Å². The summed E-state index contributed by atoms with van der Waals surface area (Å²) < 4.78 is 32.4. The van der Waals surface area contributed by atoms with Gasteiger partial charge in [-0.1, -0.05) is 35.9 Å². The summed E-state index contributed by atoms with van der Waals surface area (Å²) in [5, 5.41) is 13.8. The molecule has 0 spiro atoms. The normalized spacial score (nSPS) is 11.3. The van der Waals surface area contributed by atoms with Crippen molar-refractivity contribution in [2.45, 2.75) is 4.90 Å². The van der Waals surface area contributed by atoms with Crippen molar-refractivity contribution in [3.05, 3.63) is 83.4 Å². The molecule has 0 aromatic heterocycles. The molecule has 2 N–H and O–H groups in total. The molecule has 0 saturated carbocycles. The number of ether oxygens (including phenoxy) is 1. The number of hydrazone groups is 1. The van der Waals surface area contributed by atoms with Gasteiger partial charge in [-0.2, -0.15) is 5.10 Å². The Balaban J connectivity index is 1.81. The number of halogens is 1. The first kappa shape index (κ1) is 23.1. The van der Waals surface area contributed by atoms with E-state index in [0.29, 0.717) is 10.6 Å². The highest BCUT2D eigenvalue weighted by Gasteiger charge is 2.27. The molecule has 0 bridgehead atoms. The third-order valence-corrected chi connectivity index (χ3v) is 6.34. The van der Waals surface area contributed by atoms with Gasteiger partial charge in [-0.25, -0.2) is 13.8 Å². The summed E-state index contributed by atoms with van der Waals surface area (Å²) in [5.74, 6) is -0.440. The zero-order chi connectivity index (χ0) is 23.1. The summed E-state index contributed by atoms with van der Waals surface area (Å²) >= 11 is 6.04. The number of phenols is 1. The van der Waals surface area contributed by atoms with E-state index >= 15 is 0 Å². The van der Waals surface area contributed by atoms with Gasteiger partial charge in [0, 0.05) is 5.02 Å². The number of carbonyl (C=O) groups is 1. The largest absolute Gasteiger partial charge is 0.504 e. The topological polar surface area (TPSA) is 108 Å². The number of sulfonamides is 1. The minimum atomic E-state index is -4.04. The summed E-state index contributed by atoms with van der Waals surface area (Å²) in [6.45, 7) is -0.520. The Kier molecular flexibility index (Phi) is 7.34. The molecule has 0 aliphatic rings. The Hall–Kier alpha value is -3.56. The number of benzene rings is 3. The number of hydrogen-bond acceptors (Lipinski definition) is 6. The van der Waals surface area contributed by atoms with Crippen LogP contribution in [0.3, 0.4) is 0 Å². The van der Waals surface area contributed by atoms with Crippen LogP contribution in [0.1, 0.15) is 5.56 Å². The smallest absolute Gasteiger partial charge is 0.264 e. The molecule has 0 aliphatic carbocycles. The maximum Gasteiger partial charge on any atom is 0.264 e. The lowest BCUT2D eigenvalue weighted by atomic mass is 10.2. The highest BCUT2D eigenvalue weighted by Crippen LogP contribution is 2.26. The summed E-state index contributed by atoms with van der Waals surface area (Å²) in [6.07, 6.45) is 1.34. The quantitative estimate of drug-likeness (QED) is 0.385. The predicted octanol–water partition coefficient (Wildman–Crippen LogP) is 3.40. The molecule has 3 aromatic carbocycles. The number of methoxy groups -OCH3 is 1. The van der Waals surface area contributed by atoms with Crippen molar-refractivity contribution in [3.8, 4) is 11.5 Å². The fraction of sp³-hybridized carbons (Fsp3) is 0.0909. The number of amides is 1. The molecule has 0 saturated heterocycles. The summed E-state index contributed by atoms with van der Waals surface area (Å²) in [6, 6.07) is 18.5. The van der Waals surface area contributed by atoms with Crippen molar-refractivity contribution < 1.29 is 23.1 Å². The van der Waals surface area contributed by atoms with Crippen molar-refractivity contribution in [2.75, 3.05) is 18.0 Å². The summed E-state index contributed by atoms with van der Waals surface area (Å²) in [4.78, 5) is 12.6. The Labute approximate surface area is 190 Å². The fourth-order valence-electron chi connectivity index (χ4n) is 2.79. The Morgan fingerprint density at radius 3 is 2.56 bits per heavy atom. The molecular formula is C22H20ClN3O5S. The van der Waals surface area contributed by atoms with Crippen LogP contribution in [0.5, 0.6) is 11.5 Å². The van der Waals surface area contributed by atoms with Crippen LogP contribution in [0.25, 0.3) is 0 Å². The van der Waals surface area contributed by atoms with Gasteiger partial charge in [0.1, 0.15) is 6.54 Å². The van der Waals surface area contributed by atoms with E-state index in [4.69, 9.17) is 16.3 Å². The molecule has 0 radical (unpaired) electrons. The maximum absolute atomic E-state index is 13.2. The van der Waals surface area contributed by atoms with Gasteiger partial charge in [-0.05, 0) is 54.1 Å². The first-order valence-electron chi connectivity index (χ1n) is 9.33. The van der Waals surface area contributed by atoms with Gasteiger partial charge in [-0.3, -0.25) is 9.10 Å². The lowest BCUT2D eigenvalue weighted by Crippen LogP contribution is -2.39. The van der Waals surface area contributed by atoms with Crippen molar-refractivity contribution in [3.63, 3.8) is 0 Å². The predicted molar refractivity (Wildman–Crippen MR) is 123 cm³/mol. The first-order valence-corrected chi connectivity index (χ1v) is 11.2. The second kappa shape index (κ2) is 10.2. The van der Waals surface area contributed by atoms with Crippen molar-refractivity contribution in [1.29, 1.82) is 0 Å². The molecule has 8 nitrogen and oxygen atoms in total. The van der Waals surface area contributed by atoms with Gasteiger partial charge in [0.25, 0.3) is 15.9 Å². The number of phenolic OH excluding ortho intramolecular Hbond substituents is 1. The SMILES string of the molecule is COc1cc(C=NNC(=O)CN(c2cccc(Cl)c2)S(=O)(=O)c2ccccc2)ccc1O. The zero-order valence-corrected chi connectivity index (χ0v) is 18.5. The molecular weight excluding hydrogens is 454 g/mol. The van der Waals surface area contributed by atoms with Crippen LogP contribution in [-0.4, -0.2) is 39.3 Å². The molecule has 32 heavy (non-hydrogen) atoms. The minimum absolute atomic E-state index is 0.0306. The Morgan fingerprint density at radius 1 is 1.12 bits per heavy atom. The van der Waals surface area contributed by atoms with E-state index in [1.807, 2.05) is 0 Å². The second-order valence-electron chi connectivity index (χ2n) is 6.53. The average Bonchev–Trinajstić information content (AvgIpc) is 2.79. The molecule has 166 valence electrons. The van der Waals surface area contributed by atoms with Gasteiger partial charge in [0.2, 0.25) is 0 Å². The molecule has 0 heterocycles. The van der Waals surface area contributed by atoms with Crippen LogP contribution in [0.2, 0.25) is 5.02 Å². The van der Waals surface area contributed by atoms with E-state index in [-0.39, 0.29) is 22.1 Å². The number of carbonyl (C=O) groups excluding carboxylic acids is 1. The molecule has 0 atom stereocenters. The minimum Gasteiger partial charge on any atom is -0.504 e. The molecule has 3 rings (SSSR count). The molecule has 10 heteroatoms. The number of aromatic hydroxyl groups is 1. The molecule has 0 unspecified atom stereocenters. The summed E-state index contributed by atoms with van der Waals surface area (Å²) in [5.41, 5.74) is 3.11. The number of rotatable bonds is 8. The van der Waals surface area contributed by atoms with Crippen LogP contribution in [0.15, 0.2) is 82.8 Å². The van der Waals surface area contributed by atoms with Crippen LogP contribution in [-0.2, 0) is 14.8 Å². The van der Waals surface area contributed by atoms with Gasteiger partial charge < -0.3 is 9.84 Å². The van der Waals surface area contributed by atoms with Gasteiger partial charge >= 0.3 is 0 Å². The third-order valence-electron chi connectivity index (χ3n) is 4.32. The second-order valence-corrected chi connectivity index (χ2v) is 8.83. The van der Waals surface area contributed by atoms with Gasteiger partial charge in [-0.15, -0.1) is 0 Å². The Bertz CT molecular complexity index is 1230. The van der Waals surface area contributed by atoms with Gasteiger partial charge in [0.05, 0.1) is 23.9 Å². The highest BCUT2D eigenvalue weighted by atomic mass is 35.5. The number of anilines is 1. The van der Waals surface area contributed by atoms with E-state index in [2.05, 4.69) is 10.5 Å². The molecule has 0 aliphatic heterocycles. The lowest BCUT2D eigenvalue weighted by molar-refractivity contribution is -0.119. The highest BCUT2D eigenvalue weighted by molar-refractivity contribution is 7.92. The average molecular weight is 474 g/mol. The first-order chi connectivity index (χ1) is 15.3. The van der Waals surface area contributed by atoms with E-state index < -0.39 is 22.5 Å². The lowest BCUT2D eigenvalue weighted by Gasteiger charge is -2.23. The number of nitrogens with zero attached hydrogens (tertiary/aromatic N) is 2. The molecule has 0 fully saturated rings. The standard InChI is InChI=1S/C22H20ClN3O5S/c1-31-21-12-16(10-11-20(21)27)14-24-25-22(28)15-26(18-7-5-6-17(23)13-18)32(29,30)19-8-3-2-4-9-19/h2-14,27H,15H2,1H3,(H,25,28). The van der Waals surface area contributed by atoms with Crippen molar-refractivity contribution in [2.24, 2.45) is 5.10 Å². The van der Waals surface area contributed by atoms with E-state index in [1.54, 1.807) is 42.5 Å². The molecule has 1 amide bonds. The zero-order valence-electron chi connectivity index (χ0n) is 17.0. The van der Waals surface area contributed by atoms with E-state index in [1.165, 1.54) is 43.7 Å². The number of nitrogens with one attached hydrogen (secondary N) is 1. The number of hydrogen-bond donors (Lipinski definition) is 2. The van der Waals surface area contributed by atoms with E-state index in [9.17, 15) is 18.3 Å². The molecule has 3 aromatic rings. The maximum atomic E-state index is 13.2. The fourth-order valence-corrected chi connectivity index (χ4v) is 4.40.